The summed E-state index contributed by atoms with van der Waals surface area (Å²) < 4.78 is 16.7. The minimum Gasteiger partial charge on any atom is -0.496 e. The summed E-state index contributed by atoms with van der Waals surface area (Å²) in [6.45, 7) is 7.35. The highest BCUT2D eigenvalue weighted by Crippen LogP contribution is 2.32. The van der Waals surface area contributed by atoms with Gasteiger partial charge in [0.1, 0.15) is 11.9 Å². The van der Waals surface area contributed by atoms with E-state index in [4.69, 9.17) is 13.9 Å². The SMILES string of the molecule is CCCN(CC)CCC(OC(=O)NCc1cccc(NC(=O)Nc2ccc(-c3cnco3)c(OC)c2)c1)c1ccccc1. The summed E-state index contributed by atoms with van der Waals surface area (Å²) in [5.41, 5.74) is 3.62. The molecule has 0 radical (unpaired) electrons. The van der Waals surface area contributed by atoms with Crippen molar-refractivity contribution in [3.63, 3.8) is 0 Å². The summed E-state index contributed by atoms with van der Waals surface area (Å²) in [5.74, 6) is 1.10. The molecule has 3 N–H and O–H groups in total. The molecule has 1 aromatic heterocycles. The minimum atomic E-state index is -0.494. The molecule has 10 heteroatoms. The molecule has 0 fully saturated rings. The number of alkyl carbamates (subject to hydrolysis) is 1. The molecule has 226 valence electrons. The first-order valence-electron chi connectivity index (χ1n) is 14.4. The number of urea groups is 1. The second kappa shape index (κ2) is 16.0. The fraction of sp³-hybridized carbons (Fsp3) is 0.303. The van der Waals surface area contributed by atoms with Gasteiger partial charge in [0.2, 0.25) is 0 Å². The van der Waals surface area contributed by atoms with Gasteiger partial charge in [-0.05, 0) is 54.9 Å². The van der Waals surface area contributed by atoms with Gasteiger partial charge in [0.05, 0.1) is 18.9 Å². The zero-order valence-electron chi connectivity index (χ0n) is 24.8. The summed E-state index contributed by atoms with van der Waals surface area (Å²) >= 11 is 0. The summed E-state index contributed by atoms with van der Waals surface area (Å²) in [6.07, 6.45) is 3.87. The van der Waals surface area contributed by atoms with Crippen LogP contribution in [0.2, 0.25) is 0 Å². The van der Waals surface area contributed by atoms with Crippen LogP contribution in [0.25, 0.3) is 11.3 Å². The average Bonchev–Trinajstić information content (AvgIpc) is 3.57. The molecule has 0 spiro atoms. The zero-order chi connectivity index (χ0) is 30.4. The van der Waals surface area contributed by atoms with Crippen molar-refractivity contribution in [1.29, 1.82) is 0 Å². The van der Waals surface area contributed by atoms with E-state index < -0.39 is 12.1 Å². The predicted octanol–water partition coefficient (Wildman–Crippen LogP) is 7.08. The Morgan fingerprint density at radius 1 is 0.953 bits per heavy atom. The first-order chi connectivity index (χ1) is 21.0. The molecule has 3 aromatic carbocycles. The monoisotopic (exact) mass is 585 g/mol. The third-order valence-corrected chi connectivity index (χ3v) is 6.89. The molecule has 0 saturated heterocycles. The molecule has 3 amide bonds. The number of aromatic nitrogens is 1. The van der Waals surface area contributed by atoms with Gasteiger partial charge >= 0.3 is 12.1 Å². The molecule has 1 heterocycles. The number of rotatable bonds is 14. The lowest BCUT2D eigenvalue weighted by Gasteiger charge is -2.24. The number of carbonyl (C=O) groups excluding carboxylic acids is 2. The van der Waals surface area contributed by atoms with Gasteiger partial charge in [0.25, 0.3) is 0 Å². The Bertz CT molecular complexity index is 1450. The van der Waals surface area contributed by atoms with E-state index in [-0.39, 0.29) is 12.6 Å². The number of methoxy groups -OCH3 is 1. The number of carbonyl (C=O) groups is 2. The number of hydrogen-bond acceptors (Lipinski definition) is 7. The second-order valence-electron chi connectivity index (χ2n) is 9.94. The van der Waals surface area contributed by atoms with Gasteiger partial charge < -0.3 is 34.7 Å². The standard InChI is InChI=1S/C33H39N5O5/c1-4-17-38(5-2)18-16-29(25-11-7-6-8-12-25)43-33(40)35-21-24-10-9-13-26(19-24)36-32(39)37-27-14-15-28(30(20-27)41-3)31-22-34-23-42-31/h6-15,19-20,22-23,29H,4-5,16-18,21H2,1-3H3,(H,35,40)(H2,36,37,39). The highest BCUT2D eigenvalue weighted by atomic mass is 16.6. The van der Waals surface area contributed by atoms with E-state index in [1.54, 1.807) is 43.6 Å². The Kier molecular flexibility index (Phi) is 11.6. The highest BCUT2D eigenvalue weighted by Gasteiger charge is 2.18. The predicted molar refractivity (Wildman–Crippen MR) is 167 cm³/mol. The average molecular weight is 586 g/mol. The molecule has 1 unspecified atom stereocenters. The van der Waals surface area contributed by atoms with E-state index in [1.165, 1.54) is 6.39 Å². The molecule has 1 atom stereocenters. The van der Waals surface area contributed by atoms with Crippen LogP contribution in [0.5, 0.6) is 5.75 Å². The Morgan fingerprint density at radius 2 is 1.74 bits per heavy atom. The smallest absolute Gasteiger partial charge is 0.408 e. The van der Waals surface area contributed by atoms with E-state index in [0.717, 1.165) is 42.7 Å². The van der Waals surface area contributed by atoms with Gasteiger partial charge in [0, 0.05) is 37.0 Å². The molecule has 0 aliphatic carbocycles. The Hall–Kier alpha value is -4.83. The number of nitrogens with one attached hydrogen (secondary N) is 3. The molecule has 10 nitrogen and oxygen atoms in total. The second-order valence-corrected chi connectivity index (χ2v) is 9.94. The first kappa shape index (κ1) is 31.1. The normalized spacial score (nSPS) is 11.5. The molecule has 0 aliphatic rings. The maximum absolute atomic E-state index is 12.8. The number of amides is 3. The van der Waals surface area contributed by atoms with E-state index >= 15 is 0 Å². The summed E-state index contributed by atoms with van der Waals surface area (Å²) in [4.78, 5) is 31.8. The lowest BCUT2D eigenvalue weighted by Crippen LogP contribution is -2.29. The molecule has 0 aliphatic heterocycles. The van der Waals surface area contributed by atoms with Gasteiger partial charge in [-0.1, -0.05) is 56.3 Å². The van der Waals surface area contributed by atoms with Crippen LogP contribution < -0.4 is 20.7 Å². The molecule has 0 saturated carbocycles. The van der Waals surface area contributed by atoms with Crippen LogP contribution in [0.1, 0.15) is 43.9 Å². The number of anilines is 2. The van der Waals surface area contributed by atoms with E-state index in [2.05, 4.69) is 39.7 Å². The molecule has 43 heavy (non-hydrogen) atoms. The summed E-state index contributed by atoms with van der Waals surface area (Å²) in [5, 5.41) is 8.48. The van der Waals surface area contributed by atoms with Crippen molar-refractivity contribution >= 4 is 23.5 Å². The third kappa shape index (κ3) is 9.34. The van der Waals surface area contributed by atoms with Crippen LogP contribution in [-0.2, 0) is 11.3 Å². The maximum Gasteiger partial charge on any atom is 0.408 e. The van der Waals surface area contributed by atoms with Gasteiger partial charge in [-0.2, -0.15) is 0 Å². The van der Waals surface area contributed by atoms with Crippen molar-refractivity contribution in [2.24, 2.45) is 0 Å². The number of hydrogen-bond donors (Lipinski definition) is 3. The van der Waals surface area contributed by atoms with E-state index in [9.17, 15) is 9.59 Å². The van der Waals surface area contributed by atoms with Crippen molar-refractivity contribution in [3.8, 4) is 17.1 Å². The largest absolute Gasteiger partial charge is 0.496 e. The van der Waals surface area contributed by atoms with Crippen LogP contribution in [-0.4, -0.2) is 48.8 Å². The molecule has 4 aromatic rings. The van der Waals surface area contributed by atoms with E-state index in [0.29, 0.717) is 29.3 Å². The van der Waals surface area contributed by atoms with Crippen molar-refractivity contribution in [3.05, 3.63) is 96.5 Å². The van der Waals surface area contributed by atoms with Crippen LogP contribution in [0, 0.1) is 0 Å². The fourth-order valence-corrected chi connectivity index (χ4v) is 4.72. The Labute approximate surface area is 252 Å². The lowest BCUT2D eigenvalue weighted by atomic mass is 10.1. The minimum absolute atomic E-state index is 0.245. The third-order valence-electron chi connectivity index (χ3n) is 6.89. The molecular formula is C33H39N5O5. The van der Waals surface area contributed by atoms with E-state index in [1.807, 2.05) is 42.5 Å². The number of oxazole rings is 1. The summed E-state index contributed by atoms with van der Waals surface area (Å²) in [7, 11) is 1.55. The number of ether oxygens (including phenoxy) is 2. The van der Waals surface area contributed by atoms with Crippen LogP contribution in [0.15, 0.2) is 89.8 Å². The zero-order valence-corrected chi connectivity index (χ0v) is 24.8. The van der Waals surface area contributed by atoms with Gasteiger partial charge in [-0.3, -0.25) is 0 Å². The van der Waals surface area contributed by atoms with Crippen LogP contribution >= 0.6 is 0 Å². The molecule has 4 rings (SSSR count). The van der Waals surface area contributed by atoms with Gasteiger partial charge in [-0.15, -0.1) is 0 Å². The first-order valence-corrected chi connectivity index (χ1v) is 14.4. The van der Waals surface area contributed by atoms with Crippen LogP contribution in [0.4, 0.5) is 21.0 Å². The quantitative estimate of drug-likeness (QED) is 0.145. The number of nitrogens with zero attached hydrogens (tertiary/aromatic N) is 2. The fourth-order valence-electron chi connectivity index (χ4n) is 4.72. The van der Waals surface area contributed by atoms with Crippen molar-refractivity contribution in [2.45, 2.75) is 39.3 Å². The van der Waals surface area contributed by atoms with Gasteiger partial charge in [-0.25, -0.2) is 14.6 Å². The molecular weight excluding hydrogens is 546 g/mol. The Balaban J connectivity index is 1.31. The van der Waals surface area contributed by atoms with Crippen molar-refractivity contribution in [2.75, 3.05) is 37.4 Å². The maximum atomic E-state index is 12.8. The van der Waals surface area contributed by atoms with Gasteiger partial charge in [0.15, 0.2) is 12.2 Å². The van der Waals surface area contributed by atoms with Crippen LogP contribution in [0.3, 0.4) is 0 Å². The topological polar surface area (TPSA) is 118 Å². The highest BCUT2D eigenvalue weighted by molar-refractivity contribution is 6.00. The van der Waals surface area contributed by atoms with Crippen molar-refractivity contribution in [1.82, 2.24) is 15.2 Å². The lowest BCUT2D eigenvalue weighted by molar-refractivity contribution is 0.0840. The molecule has 0 bridgehead atoms. The summed E-state index contributed by atoms with van der Waals surface area (Å²) in [6, 6.07) is 21.9. The van der Waals surface area contributed by atoms with Crippen molar-refractivity contribution < 1.29 is 23.5 Å². The Morgan fingerprint density at radius 3 is 2.44 bits per heavy atom. The number of benzene rings is 3.